The quantitative estimate of drug-likeness (QED) is 0.127. The van der Waals surface area contributed by atoms with E-state index in [0.717, 1.165) is 45.5 Å². The maximum atomic E-state index is 2.60. The molecule has 0 amide bonds. The third-order valence-electron chi connectivity index (χ3n) is 21.2. The van der Waals surface area contributed by atoms with Crippen LogP contribution >= 0.6 is 0 Å². The van der Waals surface area contributed by atoms with Crippen LogP contribution in [0.2, 0.25) is 13.1 Å². The van der Waals surface area contributed by atoms with E-state index < -0.39 is 8.07 Å². The molecule has 0 radical (unpaired) electrons. The molecule has 0 atom stereocenters. The Hall–Kier alpha value is -11.0. The Morgan fingerprint density at radius 1 is 0.269 bits per heavy atom. The van der Waals surface area contributed by atoms with Gasteiger partial charge in [0.1, 0.15) is 8.07 Å². The molecule has 93 heavy (non-hydrogen) atoms. The van der Waals surface area contributed by atoms with E-state index in [1.165, 1.54) is 120 Å². The Kier molecular flexibility index (Phi) is 12.1. The molecule has 4 nitrogen and oxygen atoms in total. The topological polar surface area (TPSA) is 16.3 Å². The molecule has 0 fully saturated rings. The van der Waals surface area contributed by atoms with E-state index in [-0.39, 0.29) is 10.8 Å². The van der Waals surface area contributed by atoms with Gasteiger partial charge in [0.2, 0.25) is 0 Å². The number of anilines is 6. The van der Waals surface area contributed by atoms with Crippen LogP contribution in [0, 0.1) is 0 Å². The molecule has 0 unspecified atom stereocenters. The highest BCUT2D eigenvalue weighted by Crippen LogP contribution is 2.54. The third kappa shape index (κ3) is 8.29. The van der Waals surface area contributed by atoms with Gasteiger partial charge in [0.05, 0.1) is 33.4 Å². The van der Waals surface area contributed by atoms with Crippen LogP contribution in [0.15, 0.2) is 303 Å². The molecule has 14 aromatic carbocycles. The van der Waals surface area contributed by atoms with Crippen LogP contribution in [0.5, 0.6) is 0 Å². The number of nitrogens with zero attached hydrogens (tertiary/aromatic N) is 4. The Balaban J connectivity index is 0.702. The summed E-state index contributed by atoms with van der Waals surface area (Å²) in [6.07, 6.45) is 0. The molecule has 18 rings (SSSR count). The van der Waals surface area contributed by atoms with Gasteiger partial charge in [0, 0.05) is 77.3 Å². The first kappa shape index (κ1) is 54.9. The van der Waals surface area contributed by atoms with Gasteiger partial charge >= 0.3 is 0 Å². The van der Waals surface area contributed by atoms with Crippen molar-refractivity contribution in [3.05, 3.63) is 326 Å². The van der Waals surface area contributed by atoms with E-state index in [2.05, 4.69) is 363 Å². The summed E-state index contributed by atoms with van der Waals surface area (Å²) in [5.41, 5.74) is 24.2. The van der Waals surface area contributed by atoms with E-state index in [1.807, 2.05) is 0 Å². The number of rotatable bonds is 10. The molecule has 0 bridgehead atoms. The average Bonchev–Trinajstić information content (AvgIpc) is 1.60. The zero-order chi connectivity index (χ0) is 62.5. The van der Waals surface area contributed by atoms with Gasteiger partial charge < -0.3 is 18.9 Å². The zero-order valence-electron chi connectivity index (χ0n) is 53.2. The summed E-state index contributed by atoms with van der Waals surface area (Å²) in [6, 6.07) is 114. The lowest BCUT2D eigenvalue weighted by molar-refractivity contribution is 0.661. The van der Waals surface area contributed by atoms with Crippen LogP contribution < -0.4 is 20.2 Å². The summed E-state index contributed by atoms with van der Waals surface area (Å²) >= 11 is 0. The predicted octanol–water partition coefficient (Wildman–Crippen LogP) is 22.6. The van der Waals surface area contributed by atoms with Gasteiger partial charge in [0.15, 0.2) is 0 Å². The third-order valence-corrected chi connectivity index (χ3v) is 24.7. The zero-order valence-corrected chi connectivity index (χ0v) is 54.2. The molecule has 2 aliphatic rings. The standard InChI is InChI=1S/C88H68N4Si/c1-87(2)77-53-63(89(81-37-21-25-57-23-13-15-31-67(57)81)61-41-49-85-75(51-61)73-33-17-19-35-83(73)91(85)59-27-9-7-10-28-59)39-45-69(77)71-47-43-65(55-79(71)87)93(5,6)66-44-48-72-70-46-40-64(54-78(70)88(3,4)80(72)56-66)90(82-38-22-26-58-24-14-16-32-68(58)82)62-42-50-86-76(52-62)74-34-18-20-36-84(74)92(86)60-29-11-8-12-30-60/h7-56H,1-6H3. The van der Waals surface area contributed by atoms with E-state index in [4.69, 9.17) is 0 Å². The normalized spacial score (nSPS) is 13.7. The monoisotopic (exact) mass is 1210 g/mol. The Labute approximate surface area is 544 Å². The minimum absolute atomic E-state index is 0.259. The van der Waals surface area contributed by atoms with Gasteiger partial charge in [-0.15, -0.1) is 0 Å². The van der Waals surface area contributed by atoms with Crippen molar-refractivity contribution in [2.45, 2.75) is 51.6 Å². The first-order chi connectivity index (χ1) is 45.4. The fraction of sp³-hybridized carbons (Fsp3) is 0.0909. The van der Waals surface area contributed by atoms with E-state index in [0.29, 0.717) is 0 Å². The second kappa shape index (κ2) is 20.5. The van der Waals surface area contributed by atoms with Crippen LogP contribution in [0.1, 0.15) is 49.9 Å². The molecule has 444 valence electrons. The molecule has 0 aliphatic heterocycles. The molecule has 16 aromatic rings. The van der Waals surface area contributed by atoms with Gasteiger partial charge in [-0.2, -0.15) is 0 Å². The lowest BCUT2D eigenvalue weighted by Gasteiger charge is -2.30. The molecule has 2 heterocycles. The number of benzene rings is 14. The van der Waals surface area contributed by atoms with E-state index in [1.54, 1.807) is 0 Å². The fourth-order valence-electron chi connectivity index (χ4n) is 16.2. The maximum absolute atomic E-state index is 2.60. The van der Waals surface area contributed by atoms with Crippen molar-refractivity contribution in [2.75, 3.05) is 9.80 Å². The maximum Gasteiger partial charge on any atom is 0.112 e. The van der Waals surface area contributed by atoms with Crippen LogP contribution in [-0.4, -0.2) is 17.2 Å². The molecule has 0 saturated carbocycles. The van der Waals surface area contributed by atoms with Crippen LogP contribution in [0.3, 0.4) is 0 Å². The van der Waals surface area contributed by atoms with Crippen molar-refractivity contribution in [3.8, 4) is 33.6 Å². The first-order valence-corrected chi connectivity index (χ1v) is 35.7. The minimum atomic E-state index is -2.30. The van der Waals surface area contributed by atoms with Crippen molar-refractivity contribution in [1.29, 1.82) is 0 Å². The van der Waals surface area contributed by atoms with Crippen LogP contribution in [0.25, 0.3) is 98.8 Å². The summed E-state index contributed by atoms with van der Waals surface area (Å²) in [7, 11) is -2.30. The van der Waals surface area contributed by atoms with E-state index in [9.17, 15) is 0 Å². The summed E-state index contributed by atoms with van der Waals surface area (Å²) in [5.74, 6) is 0. The highest BCUT2D eigenvalue weighted by atomic mass is 28.3. The van der Waals surface area contributed by atoms with Gasteiger partial charge in [-0.25, -0.2) is 0 Å². The molecule has 0 saturated heterocycles. The molecular formula is C88H68N4Si. The SMILES string of the molecule is CC1(C)c2cc(N(c3ccc4c(c3)c3ccccc3n4-c3ccccc3)c3cccc4ccccc34)ccc2-c2ccc([Si](C)(C)c3ccc4c(c3)C(C)(C)c3cc(N(c5ccc6c(c5)c5ccccc5n6-c5ccccc5)c5cccc6ccccc56)ccc3-4)cc21. The van der Waals surface area contributed by atoms with Gasteiger partial charge in [-0.1, -0.05) is 245 Å². The van der Waals surface area contributed by atoms with Crippen molar-refractivity contribution in [1.82, 2.24) is 9.13 Å². The second-order valence-corrected chi connectivity index (χ2v) is 31.7. The highest BCUT2D eigenvalue weighted by molar-refractivity contribution is 7.00. The summed E-state index contributed by atoms with van der Waals surface area (Å²) in [6.45, 7) is 14.9. The lowest BCUT2D eigenvalue weighted by Crippen LogP contribution is -2.53. The van der Waals surface area contributed by atoms with Crippen molar-refractivity contribution in [3.63, 3.8) is 0 Å². The van der Waals surface area contributed by atoms with Crippen LogP contribution in [0.4, 0.5) is 34.1 Å². The van der Waals surface area contributed by atoms with Gasteiger partial charge in [-0.05, 0) is 164 Å². The Bertz CT molecular complexity index is 5380. The molecule has 2 aromatic heterocycles. The number of para-hydroxylation sites is 4. The highest BCUT2D eigenvalue weighted by Gasteiger charge is 2.41. The second-order valence-electron chi connectivity index (χ2n) is 27.3. The molecule has 0 N–H and O–H groups in total. The number of aromatic nitrogens is 2. The predicted molar refractivity (Wildman–Crippen MR) is 398 cm³/mol. The number of hydrogen-bond donors (Lipinski definition) is 0. The first-order valence-electron chi connectivity index (χ1n) is 32.7. The summed E-state index contributed by atoms with van der Waals surface area (Å²) in [5, 5.41) is 12.7. The molecule has 5 heteroatoms. The smallest absolute Gasteiger partial charge is 0.112 e. The number of hydrogen-bond acceptors (Lipinski definition) is 2. The lowest BCUT2D eigenvalue weighted by atomic mass is 9.82. The van der Waals surface area contributed by atoms with Crippen molar-refractivity contribution in [2.24, 2.45) is 0 Å². The van der Waals surface area contributed by atoms with Crippen molar-refractivity contribution < 1.29 is 0 Å². The molecule has 2 aliphatic carbocycles. The van der Waals surface area contributed by atoms with Crippen LogP contribution in [-0.2, 0) is 10.8 Å². The average molecular weight is 1210 g/mol. The molecular weight excluding hydrogens is 1140 g/mol. The van der Waals surface area contributed by atoms with E-state index >= 15 is 0 Å². The van der Waals surface area contributed by atoms with Gasteiger partial charge in [-0.3, -0.25) is 0 Å². The largest absolute Gasteiger partial charge is 0.310 e. The summed E-state index contributed by atoms with van der Waals surface area (Å²) in [4.78, 5) is 5.00. The number of fused-ring (bicyclic) bond motifs is 14. The Morgan fingerprint density at radius 2 is 0.591 bits per heavy atom. The Morgan fingerprint density at radius 3 is 1.02 bits per heavy atom. The van der Waals surface area contributed by atoms with Crippen molar-refractivity contribution >= 4 is 118 Å². The fourth-order valence-corrected chi connectivity index (χ4v) is 18.6. The minimum Gasteiger partial charge on any atom is -0.310 e. The molecule has 0 spiro atoms. The van der Waals surface area contributed by atoms with Gasteiger partial charge in [0.25, 0.3) is 0 Å². The summed E-state index contributed by atoms with van der Waals surface area (Å²) < 4.78 is 4.81.